The molecule has 0 unspecified atom stereocenters. The van der Waals surface area contributed by atoms with Crippen molar-refractivity contribution in [3.8, 4) is 0 Å². The smallest absolute Gasteiger partial charge is 0.328 e. The van der Waals surface area contributed by atoms with Gasteiger partial charge in [-0.1, -0.05) is 31.1 Å². The number of allylic oxidation sites excluding steroid dienone is 3. The topological polar surface area (TPSA) is 37.3 Å². The van der Waals surface area contributed by atoms with Crippen LogP contribution in [0.3, 0.4) is 0 Å². The molecule has 0 saturated heterocycles. The third-order valence-corrected chi connectivity index (χ3v) is 2.43. The van der Waals surface area contributed by atoms with E-state index in [1.54, 1.807) is 0 Å². The summed E-state index contributed by atoms with van der Waals surface area (Å²) in [6.45, 7) is 4.36. The third-order valence-electron chi connectivity index (χ3n) is 2.43. The Balaban J connectivity index is 2.61. The first-order valence-corrected chi connectivity index (χ1v) is 4.71. The van der Waals surface area contributed by atoms with E-state index >= 15 is 0 Å². The van der Waals surface area contributed by atoms with Crippen LogP contribution >= 0.6 is 0 Å². The van der Waals surface area contributed by atoms with Gasteiger partial charge in [0, 0.05) is 6.08 Å². The second-order valence-corrected chi connectivity index (χ2v) is 3.78. The van der Waals surface area contributed by atoms with Gasteiger partial charge in [-0.25, -0.2) is 4.79 Å². The molecule has 0 spiro atoms. The van der Waals surface area contributed by atoms with Crippen molar-refractivity contribution in [2.45, 2.75) is 33.1 Å². The molecule has 0 radical (unpaired) electrons. The highest BCUT2D eigenvalue weighted by atomic mass is 16.4. The molecule has 0 fully saturated rings. The zero-order valence-corrected chi connectivity index (χ0v) is 8.21. The van der Waals surface area contributed by atoms with Crippen molar-refractivity contribution < 1.29 is 9.90 Å². The lowest BCUT2D eigenvalue weighted by Crippen LogP contribution is -2.02. The number of rotatable bonds is 2. The van der Waals surface area contributed by atoms with Crippen molar-refractivity contribution in [2.24, 2.45) is 5.92 Å². The molecule has 72 valence electrons. The van der Waals surface area contributed by atoms with E-state index in [0.29, 0.717) is 5.92 Å². The third kappa shape index (κ3) is 3.05. The van der Waals surface area contributed by atoms with Crippen LogP contribution in [0.15, 0.2) is 23.3 Å². The fourth-order valence-electron chi connectivity index (χ4n) is 1.60. The first-order chi connectivity index (χ1) is 6.09. The molecule has 1 aliphatic rings. The van der Waals surface area contributed by atoms with Crippen LogP contribution in [-0.2, 0) is 4.79 Å². The maximum absolute atomic E-state index is 10.4. The van der Waals surface area contributed by atoms with Crippen molar-refractivity contribution in [1.82, 2.24) is 0 Å². The Morgan fingerprint density at radius 3 is 2.62 bits per heavy atom. The van der Waals surface area contributed by atoms with Gasteiger partial charge in [0.1, 0.15) is 0 Å². The summed E-state index contributed by atoms with van der Waals surface area (Å²) in [5.74, 6) is -0.220. The molecule has 0 heterocycles. The summed E-state index contributed by atoms with van der Waals surface area (Å²) in [5, 5.41) is 8.54. The SMILES string of the molecule is CC(C)C1=CC/C(=C/C(=O)O)CC1. The summed E-state index contributed by atoms with van der Waals surface area (Å²) in [6.07, 6.45) is 6.27. The molecule has 2 heteroatoms. The van der Waals surface area contributed by atoms with Gasteiger partial charge in [0.05, 0.1) is 0 Å². The van der Waals surface area contributed by atoms with Crippen molar-refractivity contribution >= 4 is 5.97 Å². The molecular weight excluding hydrogens is 164 g/mol. The maximum atomic E-state index is 10.4. The van der Waals surface area contributed by atoms with Crippen LogP contribution in [0.2, 0.25) is 0 Å². The molecule has 1 N–H and O–H groups in total. The minimum absolute atomic E-state index is 0.603. The number of carboxylic acid groups (broad SMARTS) is 1. The van der Waals surface area contributed by atoms with Gasteiger partial charge in [-0.2, -0.15) is 0 Å². The van der Waals surface area contributed by atoms with E-state index in [0.717, 1.165) is 24.8 Å². The van der Waals surface area contributed by atoms with Crippen LogP contribution in [0.1, 0.15) is 33.1 Å². The first kappa shape index (κ1) is 10.0. The number of hydrogen-bond acceptors (Lipinski definition) is 1. The lowest BCUT2D eigenvalue weighted by molar-refractivity contribution is -0.131. The molecule has 0 atom stereocenters. The summed E-state index contributed by atoms with van der Waals surface area (Å²) >= 11 is 0. The highest BCUT2D eigenvalue weighted by molar-refractivity contribution is 5.80. The Hall–Kier alpha value is -1.05. The van der Waals surface area contributed by atoms with Crippen LogP contribution in [0.5, 0.6) is 0 Å². The van der Waals surface area contributed by atoms with E-state index < -0.39 is 5.97 Å². The minimum Gasteiger partial charge on any atom is -0.478 e. The maximum Gasteiger partial charge on any atom is 0.328 e. The van der Waals surface area contributed by atoms with E-state index in [9.17, 15) is 4.79 Å². The molecule has 13 heavy (non-hydrogen) atoms. The van der Waals surface area contributed by atoms with Gasteiger partial charge in [0.25, 0.3) is 0 Å². The molecule has 2 nitrogen and oxygen atoms in total. The molecular formula is C11H16O2. The van der Waals surface area contributed by atoms with Crippen molar-refractivity contribution in [3.05, 3.63) is 23.3 Å². The standard InChI is InChI=1S/C11H16O2/c1-8(2)10-5-3-9(4-6-10)7-11(12)13/h5,7-8H,3-4,6H2,1-2H3,(H,12,13)/b9-7-. The molecule has 0 aromatic heterocycles. The second kappa shape index (κ2) is 4.26. The lowest BCUT2D eigenvalue weighted by atomic mass is 9.88. The van der Waals surface area contributed by atoms with E-state index in [-0.39, 0.29) is 0 Å². The summed E-state index contributed by atoms with van der Waals surface area (Å²) in [5.41, 5.74) is 2.50. The zero-order chi connectivity index (χ0) is 9.84. The Morgan fingerprint density at radius 2 is 2.23 bits per heavy atom. The van der Waals surface area contributed by atoms with Crippen molar-refractivity contribution in [3.63, 3.8) is 0 Å². The van der Waals surface area contributed by atoms with Crippen LogP contribution < -0.4 is 0 Å². The number of hydrogen-bond donors (Lipinski definition) is 1. The number of carboxylic acids is 1. The van der Waals surface area contributed by atoms with Crippen LogP contribution in [-0.4, -0.2) is 11.1 Å². The summed E-state index contributed by atoms with van der Waals surface area (Å²) in [4.78, 5) is 10.4. The van der Waals surface area contributed by atoms with Gasteiger partial charge in [-0.05, 0) is 25.2 Å². The largest absolute Gasteiger partial charge is 0.478 e. The Morgan fingerprint density at radius 1 is 1.54 bits per heavy atom. The van der Waals surface area contributed by atoms with Gasteiger partial charge in [-0.15, -0.1) is 0 Å². The fourth-order valence-corrected chi connectivity index (χ4v) is 1.60. The average Bonchev–Trinajstić information content (AvgIpc) is 2.04. The van der Waals surface area contributed by atoms with E-state index in [4.69, 9.17) is 5.11 Å². The molecule has 0 aliphatic heterocycles. The van der Waals surface area contributed by atoms with Crippen molar-refractivity contribution in [1.29, 1.82) is 0 Å². The van der Waals surface area contributed by atoms with Crippen LogP contribution in [0, 0.1) is 5.92 Å². The summed E-state index contributed by atoms with van der Waals surface area (Å²) < 4.78 is 0. The molecule has 1 aliphatic carbocycles. The molecule has 0 saturated carbocycles. The molecule has 0 aromatic rings. The monoisotopic (exact) mass is 180 g/mol. The van der Waals surface area contributed by atoms with Gasteiger partial charge in [-0.3, -0.25) is 0 Å². The molecule has 0 aromatic carbocycles. The number of carbonyl (C=O) groups is 1. The predicted molar refractivity (Wildman–Crippen MR) is 52.5 cm³/mol. The van der Waals surface area contributed by atoms with Crippen LogP contribution in [0.4, 0.5) is 0 Å². The van der Waals surface area contributed by atoms with E-state index in [2.05, 4.69) is 19.9 Å². The molecule has 0 amide bonds. The second-order valence-electron chi connectivity index (χ2n) is 3.78. The van der Waals surface area contributed by atoms with Gasteiger partial charge in [0.2, 0.25) is 0 Å². The van der Waals surface area contributed by atoms with Gasteiger partial charge < -0.3 is 5.11 Å². The number of aliphatic carboxylic acids is 1. The van der Waals surface area contributed by atoms with E-state index in [1.165, 1.54) is 11.6 Å². The van der Waals surface area contributed by atoms with Gasteiger partial charge in [0.15, 0.2) is 0 Å². The first-order valence-electron chi connectivity index (χ1n) is 4.71. The highest BCUT2D eigenvalue weighted by Gasteiger charge is 2.10. The predicted octanol–water partition coefficient (Wildman–Crippen LogP) is 2.76. The Kier molecular flexibility index (Phi) is 3.29. The Labute approximate surface area is 79.0 Å². The summed E-state index contributed by atoms with van der Waals surface area (Å²) in [6, 6.07) is 0. The summed E-state index contributed by atoms with van der Waals surface area (Å²) in [7, 11) is 0. The average molecular weight is 180 g/mol. The fraction of sp³-hybridized carbons (Fsp3) is 0.545. The van der Waals surface area contributed by atoms with Crippen LogP contribution in [0.25, 0.3) is 0 Å². The molecule has 0 bridgehead atoms. The minimum atomic E-state index is -0.823. The molecule has 1 rings (SSSR count). The van der Waals surface area contributed by atoms with Crippen molar-refractivity contribution in [2.75, 3.05) is 0 Å². The van der Waals surface area contributed by atoms with E-state index in [1.807, 2.05) is 0 Å². The van der Waals surface area contributed by atoms with Gasteiger partial charge >= 0.3 is 5.97 Å². The highest BCUT2D eigenvalue weighted by Crippen LogP contribution is 2.27. The Bertz CT molecular complexity index is 259. The zero-order valence-electron chi connectivity index (χ0n) is 8.21. The quantitative estimate of drug-likeness (QED) is 0.524. The lowest BCUT2D eigenvalue weighted by Gasteiger charge is -2.17. The normalized spacial score (nSPS) is 20.5.